The molecule has 0 bridgehead atoms. The van der Waals surface area contributed by atoms with Gasteiger partial charge < -0.3 is 11.2 Å². The molecule has 1 aromatic rings. The second-order valence-corrected chi connectivity index (χ2v) is 6.68. The fourth-order valence-electron chi connectivity index (χ4n) is 2.23. The van der Waals surface area contributed by atoms with E-state index in [2.05, 4.69) is 29.4 Å². The Morgan fingerprint density at radius 2 is 2.24 bits per heavy atom. The molecule has 0 aromatic carbocycles. The number of hydrogen-bond donors (Lipinski definition) is 2. The summed E-state index contributed by atoms with van der Waals surface area (Å²) in [6, 6.07) is 0.224. The van der Waals surface area contributed by atoms with Crippen LogP contribution >= 0.6 is 11.8 Å². The first-order valence-electron chi connectivity index (χ1n) is 7.74. The monoisotopic (exact) mass is 311 g/mol. The number of thioether (sulfide) groups is 1. The highest BCUT2D eigenvalue weighted by atomic mass is 32.2. The highest BCUT2D eigenvalue weighted by Crippen LogP contribution is 2.39. The summed E-state index contributed by atoms with van der Waals surface area (Å²) >= 11 is 1.34. The van der Waals surface area contributed by atoms with E-state index >= 15 is 0 Å². The third-order valence-electron chi connectivity index (χ3n) is 3.61. The summed E-state index contributed by atoms with van der Waals surface area (Å²) in [6.07, 6.45) is 6.88. The minimum absolute atomic E-state index is 0.0278. The van der Waals surface area contributed by atoms with Crippen molar-refractivity contribution in [2.45, 2.75) is 69.5 Å². The Balaban J connectivity index is 1.71. The lowest BCUT2D eigenvalue weighted by atomic mass is 10.1. The summed E-state index contributed by atoms with van der Waals surface area (Å²) in [5.41, 5.74) is 0. The molecule has 0 radical (unpaired) electrons. The van der Waals surface area contributed by atoms with Crippen LogP contribution in [0.4, 0.5) is 0 Å². The Bertz CT molecular complexity index is 472. The zero-order valence-electron chi connectivity index (χ0n) is 12.8. The summed E-state index contributed by atoms with van der Waals surface area (Å²) in [4.78, 5) is 11.9. The van der Waals surface area contributed by atoms with Gasteiger partial charge in [-0.3, -0.25) is 4.79 Å². The number of hydrogen-bond acceptors (Lipinski definition) is 5. The zero-order chi connectivity index (χ0) is 15.2. The number of rotatable bonds is 9. The number of unbranched alkanes of at least 4 members (excludes halogenated alkanes) is 2. The van der Waals surface area contributed by atoms with Crippen molar-refractivity contribution in [3.63, 3.8) is 0 Å². The van der Waals surface area contributed by atoms with Crippen LogP contribution in [-0.2, 0) is 4.79 Å². The average molecular weight is 311 g/mol. The Kier molecular flexibility index (Phi) is 5.90. The van der Waals surface area contributed by atoms with Crippen LogP contribution in [0.5, 0.6) is 0 Å². The number of aromatic nitrogens is 3. The van der Waals surface area contributed by atoms with E-state index in [0.29, 0.717) is 16.8 Å². The largest absolute Gasteiger partial charge is 0.353 e. The molecule has 1 aliphatic carbocycles. The van der Waals surface area contributed by atoms with Crippen LogP contribution < -0.4 is 11.2 Å². The second kappa shape index (κ2) is 7.68. The van der Waals surface area contributed by atoms with E-state index in [9.17, 15) is 4.79 Å². The molecule has 1 atom stereocenters. The third-order valence-corrected chi connectivity index (χ3v) is 4.56. The van der Waals surface area contributed by atoms with Gasteiger partial charge in [-0.05, 0) is 26.2 Å². The lowest BCUT2D eigenvalue weighted by Crippen LogP contribution is -2.33. The van der Waals surface area contributed by atoms with Crippen molar-refractivity contribution in [2.24, 2.45) is 0 Å². The quantitative estimate of drug-likeness (QED) is 0.414. The molecule has 6 nitrogen and oxygen atoms in total. The summed E-state index contributed by atoms with van der Waals surface area (Å²) in [5, 5.41) is 11.8. The minimum atomic E-state index is 0.0278. The highest BCUT2D eigenvalue weighted by molar-refractivity contribution is 7.99. The highest BCUT2D eigenvalue weighted by Gasteiger charge is 2.30. The molecule has 2 rings (SSSR count). The van der Waals surface area contributed by atoms with Crippen LogP contribution in [0.3, 0.4) is 0 Å². The van der Waals surface area contributed by atoms with E-state index in [1.54, 1.807) is 0 Å². The Morgan fingerprint density at radius 1 is 1.48 bits per heavy atom. The van der Waals surface area contributed by atoms with Crippen LogP contribution in [0.1, 0.15) is 64.1 Å². The topological polar surface area (TPSA) is 85.8 Å². The first-order valence-corrected chi connectivity index (χ1v) is 8.73. The van der Waals surface area contributed by atoms with E-state index in [1.807, 2.05) is 0 Å². The van der Waals surface area contributed by atoms with E-state index in [1.165, 1.54) is 29.3 Å². The van der Waals surface area contributed by atoms with Gasteiger partial charge in [-0.1, -0.05) is 37.9 Å². The van der Waals surface area contributed by atoms with E-state index in [4.69, 9.17) is 5.84 Å². The Hall–Kier alpha value is -1.24. The number of carbonyl (C=O) groups excluding carboxylic acids is 1. The van der Waals surface area contributed by atoms with Crippen molar-refractivity contribution in [1.29, 1.82) is 0 Å². The summed E-state index contributed by atoms with van der Waals surface area (Å²) in [7, 11) is 0. The van der Waals surface area contributed by atoms with E-state index in [-0.39, 0.29) is 11.9 Å². The molecule has 0 spiro atoms. The number of nitrogens with zero attached hydrogens (tertiary/aromatic N) is 3. The molecule has 1 heterocycles. The van der Waals surface area contributed by atoms with Gasteiger partial charge in [0.05, 0.1) is 5.75 Å². The molecule has 1 aromatic heterocycles. The number of amides is 1. The third kappa shape index (κ3) is 4.91. The smallest absolute Gasteiger partial charge is 0.230 e. The molecule has 1 saturated carbocycles. The van der Waals surface area contributed by atoms with Crippen molar-refractivity contribution in [1.82, 2.24) is 20.2 Å². The van der Waals surface area contributed by atoms with Crippen LogP contribution in [0.2, 0.25) is 0 Å². The van der Waals surface area contributed by atoms with E-state index in [0.717, 1.165) is 31.5 Å². The molecule has 3 N–H and O–H groups in total. The summed E-state index contributed by atoms with van der Waals surface area (Å²) < 4.78 is 1.53. The Labute approximate surface area is 130 Å². The molecule has 1 amide bonds. The molecule has 21 heavy (non-hydrogen) atoms. The van der Waals surface area contributed by atoms with Gasteiger partial charge in [-0.15, -0.1) is 10.2 Å². The van der Waals surface area contributed by atoms with Crippen LogP contribution in [-0.4, -0.2) is 32.6 Å². The predicted molar refractivity (Wildman–Crippen MR) is 84.6 cm³/mol. The summed E-state index contributed by atoms with van der Waals surface area (Å²) in [6.45, 7) is 4.23. The summed E-state index contributed by atoms with van der Waals surface area (Å²) in [5.74, 6) is 7.61. The van der Waals surface area contributed by atoms with Crippen molar-refractivity contribution in [2.75, 3.05) is 11.6 Å². The fourth-order valence-corrected chi connectivity index (χ4v) is 2.90. The maximum Gasteiger partial charge on any atom is 0.230 e. The molecule has 118 valence electrons. The van der Waals surface area contributed by atoms with Gasteiger partial charge in [0.15, 0.2) is 5.82 Å². The van der Waals surface area contributed by atoms with Crippen LogP contribution in [0.15, 0.2) is 5.16 Å². The van der Waals surface area contributed by atoms with Gasteiger partial charge in [0.2, 0.25) is 11.1 Å². The molecule has 0 unspecified atom stereocenters. The Morgan fingerprint density at radius 3 is 2.90 bits per heavy atom. The normalized spacial score (nSPS) is 15.9. The fraction of sp³-hybridized carbons (Fsp3) is 0.786. The number of nitrogens with one attached hydrogen (secondary N) is 1. The number of carbonyl (C=O) groups is 1. The maximum atomic E-state index is 11.9. The standard InChI is InChI=1S/C14H25N5OS/c1-3-4-5-6-10(2)16-12(20)9-21-14-18-17-13(19(14)15)11-7-8-11/h10-11H,3-9,15H2,1-2H3,(H,16,20)/t10-/m1/s1. The van der Waals surface area contributed by atoms with Crippen molar-refractivity contribution in [3.8, 4) is 0 Å². The zero-order valence-corrected chi connectivity index (χ0v) is 13.7. The van der Waals surface area contributed by atoms with Gasteiger partial charge in [-0.25, -0.2) is 4.68 Å². The number of nitrogens with two attached hydrogens (primary N) is 1. The molecule has 7 heteroatoms. The van der Waals surface area contributed by atoms with Crippen molar-refractivity contribution in [3.05, 3.63) is 5.82 Å². The van der Waals surface area contributed by atoms with Crippen molar-refractivity contribution >= 4 is 17.7 Å². The van der Waals surface area contributed by atoms with Crippen LogP contribution in [0, 0.1) is 0 Å². The lowest BCUT2D eigenvalue weighted by molar-refractivity contribution is -0.119. The van der Waals surface area contributed by atoms with Gasteiger partial charge in [0.25, 0.3) is 0 Å². The van der Waals surface area contributed by atoms with Crippen LogP contribution in [0.25, 0.3) is 0 Å². The molecule has 1 aliphatic rings. The van der Waals surface area contributed by atoms with Gasteiger partial charge in [-0.2, -0.15) is 0 Å². The van der Waals surface area contributed by atoms with Gasteiger partial charge >= 0.3 is 0 Å². The first-order chi connectivity index (χ1) is 10.1. The van der Waals surface area contributed by atoms with Gasteiger partial charge in [0.1, 0.15) is 0 Å². The molecular weight excluding hydrogens is 286 g/mol. The molecular formula is C14H25N5OS. The second-order valence-electron chi connectivity index (χ2n) is 5.74. The molecule has 0 saturated heterocycles. The molecule has 1 fully saturated rings. The number of nitrogen functional groups attached to an aromatic ring is 1. The predicted octanol–water partition coefficient (Wildman–Crippen LogP) is 2.05. The average Bonchev–Trinajstić information content (AvgIpc) is 3.21. The van der Waals surface area contributed by atoms with Crippen molar-refractivity contribution < 1.29 is 4.79 Å². The minimum Gasteiger partial charge on any atom is -0.353 e. The van der Waals surface area contributed by atoms with E-state index < -0.39 is 0 Å². The molecule has 0 aliphatic heterocycles. The SMILES string of the molecule is CCCCC[C@@H](C)NC(=O)CSc1nnc(C2CC2)n1N. The maximum absolute atomic E-state index is 11.9. The van der Waals surface area contributed by atoms with Gasteiger partial charge in [0, 0.05) is 12.0 Å². The lowest BCUT2D eigenvalue weighted by Gasteiger charge is -2.13. The first kappa shape index (κ1) is 16.1.